The van der Waals surface area contributed by atoms with E-state index in [9.17, 15) is 8.78 Å². The third kappa shape index (κ3) is 4.71. The molecule has 1 N–H and O–H groups in total. The zero-order valence-electron chi connectivity index (χ0n) is 11.9. The Kier molecular flexibility index (Phi) is 5.57. The summed E-state index contributed by atoms with van der Waals surface area (Å²) in [5, 5.41) is 3.64. The molecule has 112 valence electrons. The molecule has 21 heavy (non-hydrogen) atoms. The molecule has 2 aromatic carbocycles. The zero-order valence-corrected chi connectivity index (χ0v) is 12.6. The van der Waals surface area contributed by atoms with Crippen LogP contribution < -0.4 is 5.32 Å². The van der Waals surface area contributed by atoms with Crippen LogP contribution >= 0.6 is 11.6 Å². The summed E-state index contributed by atoms with van der Waals surface area (Å²) < 4.78 is 26.5. The van der Waals surface area contributed by atoms with E-state index in [0.29, 0.717) is 10.7 Å². The van der Waals surface area contributed by atoms with E-state index in [1.54, 1.807) is 18.2 Å². The van der Waals surface area contributed by atoms with Crippen molar-refractivity contribution >= 4 is 17.3 Å². The molecular formula is C17H18ClF2N. The lowest BCUT2D eigenvalue weighted by molar-refractivity contribution is 0.614. The number of halogens is 3. The highest BCUT2D eigenvalue weighted by molar-refractivity contribution is 6.30. The number of rotatable bonds is 6. The molecule has 0 fully saturated rings. The van der Waals surface area contributed by atoms with Gasteiger partial charge in [0.25, 0.3) is 0 Å². The number of anilines is 1. The van der Waals surface area contributed by atoms with Crippen LogP contribution in [0.15, 0.2) is 42.5 Å². The summed E-state index contributed by atoms with van der Waals surface area (Å²) >= 11 is 5.88. The highest BCUT2D eigenvalue weighted by Crippen LogP contribution is 2.27. The van der Waals surface area contributed by atoms with Gasteiger partial charge in [0.1, 0.15) is 11.6 Å². The van der Waals surface area contributed by atoms with Gasteiger partial charge >= 0.3 is 0 Å². The topological polar surface area (TPSA) is 12.0 Å². The van der Waals surface area contributed by atoms with Gasteiger partial charge < -0.3 is 5.32 Å². The summed E-state index contributed by atoms with van der Waals surface area (Å²) in [4.78, 5) is 0. The Hall–Kier alpha value is -1.61. The lowest BCUT2D eigenvalue weighted by atomic mass is 10.0. The molecule has 2 aromatic rings. The Morgan fingerprint density at radius 3 is 2.38 bits per heavy atom. The second-order valence-corrected chi connectivity index (χ2v) is 5.49. The predicted molar refractivity (Wildman–Crippen MR) is 83.7 cm³/mol. The van der Waals surface area contributed by atoms with Crippen molar-refractivity contribution in [2.75, 3.05) is 5.32 Å². The minimum Gasteiger partial charge on any atom is -0.378 e. The maximum atomic E-state index is 13.4. The number of benzene rings is 2. The Labute approximate surface area is 128 Å². The monoisotopic (exact) mass is 309 g/mol. The first kappa shape index (κ1) is 15.8. The van der Waals surface area contributed by atoms with Gasteiger partial charge in [0.05, 0.1) is 6.04 Å². The summed E-state index contributed by atoms with van der Waals surface area (Å²) in [6.07, 6.45) is 2.97. The van der Waals surface area contributed by atoms with Gasteiger partial charge in [-0.15, -0.1) is 0 Å². The molecule has 0 aliphatic carbocycles. The number of nitrogens with one attached hydrogen (secondary N) is 1. The van der Waals surface area contributed by atoms with Crippen LogP contribution in [0, 0.1) is 11.6 Å². The fourth-order valence-corrected chi connectivity index (χ4v) is 2.49. The van der Waals surface area contributed by atoms with Crippen LogP contribution in [0.1, 0.15) is 37.8 Å². The first-order chi connectivity index (χ1) is 10.1. The summed E-state index contributed by atoms with van der Waals surface area (Å²) in [6.45, 7) is 2.11. The fourth-order valence-electron chi connectivity index (χ4n) is 2.26. The van der Waals surface area contributed by atoms with Gasteiger partial charge in [-0.25, -0.2) is 8.78 Å². The van der Waals surface area contributed by atoms with Crippen molar-refractivity contribution < 1.29 is 8.78 Å². The third-order valence-corrected chi connectivity index (χ3v) is 3.54. The molecule has 0 aliphatic rings. The van der Waals surface area contributed by atoms with Crippen molar-refractivity contribution in [1.82, 2.24) is 0 Å². The number of hydrogen-bond acceptors (Lipinski definition) is 1. The van der Waals surface area contributed by atoms with Gasteiger partial charge in [0, 0.05) is 10.7 Å². The minimum atomic E-state index is -0.377. The van der Waals surface area contributed by atoms with Crippen LogP contribution in [0.5, 0.6) is 0 Å². The average Bonchev–Trinajstić information content (AvgIpc) is 2.43. The molecule has 0 saturated carbocycles. The maximum Gasteiger partial charge on any atom is 0.126 e. The molecule has 2 rings (SSSR count). The van der Waals surface area contributed by atoms with Crippen LogP contribution in [0.3, 0.4) is 0 Å². The van der Waals surface area contributed by atoms with Gasteiger partial charge in [-0.2, -0.15) is 0 Å². The van der Waals surface area contributed by atoms with Crippen molar-refractivity contribution in [2.24, 2.45) is 0 Å². The van der Waals surface area contributed by atoms with Crippen LogP contribution in [0.2, 0.25) is 5.02 Å². The SMILES string of the molecule is CCCCC(Nc1cc(F)cc(Cl)c1)c1ccc(F)cc1. The van der Waals surface area contributed by atoms with Crippen LogP contribution in [0.4, 0.5) is 14.5 Å². The smallest absolute Gasteiger partial charge is 0.126 e. The van der Waals surface area contributed by atoms with Crippen molar-refractivity contribution in [3.05, 3.63) is 64.7 Å². The predicted octanol–water partition coefficient (Wildman–Crippen LogP) is 5.96. The minimum absolute atomic E-state index is 0.00316. The van der Waals surface area contributed by atoms with Gasteiger partial charge in [0.2, 0.25) is 0 Å². The van der Waals surface area contributed by atoms with Crippen LogP contribution in [-0.2, 0) is 0 Å². The Bertz CT molecular complexity index is 564. The normalized spacial score (nSPS) is 12.2. The molecule has 0 aliphatic heterocycles. The standard InChI is InChI=1S/C17H18ClF2N/c1-2-3-4-17(12-5-7-14(19)8-6-12)21-16-10-13(18)9-15(20)11-16/h5-11,17,21H,2-4H2,1H3. The lowest BCUT2D eigenvalue weighted by Gasteiger charge is -2.20. The van der Waals surface area contributed by atoms with Crippen molar-refractivity contribution in [2.45, 2.75) is 32.2 Å². The highest BCUT2D eigenvalue weighted by Gasteiger charge is 2.12. The first-order valence-corrected chi connectivity index (χ1v) is 7.44. The van der Waals surface area contributed by atoms with E-state index in [-0.39, 0.29) is 17.7 Å². The zero-order chi connectivity index (χ0) is 15.2. The summed E-state index contributed by atoms with van der Waals surface area (Å²) in [5.41, 5.74) is 1.61. The van der Waals surface area contributed by atoms with Gasteiger partial charge in [0.15, 0.2) is 0 Å². The molecule has 0 amide bonds. The molecule has 0 aromatic heterocycles. The molecular weight excluding hydrogens is 292 g/mol. The third-order valence-electron chi connectivity index (χ3n) is 3.32. The van der Waals surface area contributed by atoms with E-state index in [1.807, 2.05) is 0 Å². The number of hydrogen-bond donors (Lipinski definition) is 1. The van der Waals surface area contributed by atoms with E-state index >= 15 is 0 Å². The second kappa shape index (κ2) is 7.41. The molecule has 4 heteroatoms. The summed E-state index contributed by atoms with van der Waals surface area (Å²) in [7, 11) is 0. The molecule has 0 saturated heterocycles. The van der Waals surface area contributed by atoms with Crippen molar-refractivity contribution in [3.8, 4) is 0 Å². The molecule has 0 heterocycles. The highest BCUT2D eigenvalue weighted by atomic mass is 35.5. The van der Waals surface area contributed by atoms with Gasteiger partial charge in [-0.3, -0.25) is 0 Å². The summed E-state index contributed by atoms with van der Waals surface area (Å²) in [6, 6.07) is 10.8. The largest absolute Gasteiger partial charge is 0.378 e. The molecule has 0 radical (unpaired) electrons. The Morgan fingerprint density at radius 1 is 1.05 bits per heavy atom. The van der Waals surface area contributed by atoms with Crippen molar-refractivity contribution in [1.29, 1.82) is 0 Å². The van der Waals surface area contributed by atoms with E-state index in [2.05, 4.69) is 12.2 Å². The quantitative estimate of drug-likeness (QED) is 0.694. The fraction of sp³-hybridized carbons (Fsp3) is 0.294. The van der Waals surface area contributed by atoms with E-state index in [1.165, 1.54) is 24.3 Å². The molecule has 0 spiro atoms. The summed E-state index contributed by atoms with van der Waals surface area (Å²) in [5.74, 6) is -0.639. The number of unbranched alkanes of at least 4 members (excludes halogenated alkanes) is 1. The van der Waals surface area contributed by atoms with Crippen molar-refractivity contribution in [3.63, 3.8) is 0 Å². The first-order valence-electron chi connectivity index (χ1n) is 7.06. The van der Waals surface area contributed by atoms with Crippen LogP contribution in [-0.4, -0.2) is 0 Å². The van der Waals surface area contributed by atoms with E-state index in [4.69, 9.17) is 11.6 Å². The Morgan fingerprint density at radius 2 is 1.76 bits per heavy atom. The average molecular weight is 310 g/mol. The Balaban J connectivity index is 2.21. The van der Waals surface area contributed by atoms with E-state index in [0.717, 1.165) is 24.8 Å². The lowest BCUT2D eigenvalue weighted by Crippen LogP contribution is -2.11. The van der Waals surface area contributed by atoms with Gasteiger partial charge in [-0.05, 0) is 42.3 Å². The molecule has 1 unspecified atom stereocenters. The molecule has 1 atom stereocenters. The van der Waals surface area contributed by atoms with Crippen LogP contribution in [0.25, 0.3) is 0 Å². The molecule has 1 nitrogen and oxygen atoms in total. The van der Waals surface area contributed by atoms with Gasteiger partial charge in [-0.1, -0.05) is 43.5 Å². The van der Waals surface area contributed by atoms with E-state index < -0.39 is 0 Å². The second-order valence-electron chi connectivity index (χ2n) is 5.05. The molecule has 0 bridgehead atoms. The maximum absolute atomic E-state index is 13.4.